The van der Waals surface area contributed by atoms with Gasteiger partial charge < -0.3 is 9.13 Å². The molecule has 0 aliphatic rings. The van der Waals surface area contributed by atoms with Crippen LogP contribution in [-0.4, -0.2) is 29.1 Å². The lowest BCUT2D eigenvalue weighted by Gasteiger charge is -2.13. The smallest absolute Gasteiger partial charge is 0.0708 e. The SMILES string of the molecule is c1ccc(-c2ccccc2-c2ccc3c(c2)c2cnccc2n3-c2cccc(-n3c4ccncc4c4cc(-c5ccccc5-c5ccccn5)ccc43)c2)nc1. The van der Waals surface area contributed by atoms with Gasteiger partial charge in [-0.1, -0.05) is 78.9 Å². The van der Waals surface area contributed by atoms with E-state index < -0.39 is 0 Å². The van der Waals surface area contributed by atoms with Crippen molar-refractivity contribution in [2.24, 2.45) is 0 Å². The Kier molecular flexibility index (Phi) is 7.38. The Morgan fingerprint density at radius 3 is 1.23 bits per heavy atom. The maximum atomic E-state index is 4.67. The van der Waals surface area contributed by atoms with Gasteiger partial charge in [-0.3, -0.25) is 19.9 Å². The van der Waals surface area contributed by atoms with Crippen LogP contribution >= 0.6 is 0 Å². The molecular weight excluding hydrogens is 685 g/mol. The van der Waals surface area contributed by atoms with Crippen LogP contribution < -0.4 is 0 Å². The molecule has 6 heteroatoms. The first kappa shape index (κ1) is 31.8. The summed E-state index contributed by atoms with van der Waals surface area (Å²) in [6.07, 6.45) is 11.4. The van der Waals surface area contributed by atoms with Crippen molar-refractivity contribution >= 4 is 43.6 Å². The van der Waals surface area contributed by atoms with Crippen molar-refractivity contribution in [3.63, 3.8) is 0 Å². The summed E-state index contributed by atoms with van der Waals surface area (Å²) in [6.45, 7) is 0. The Labute approximate surface area is 322 Å². The van der Waals surface area contributed by atoms with E-state index >= 15 is 0 Å². The fraction of sp³-hybridized carbons (Fsp3) is 0. The summed E-state index contributed by atoms with van der Waals surface area (Å²) in [5, 5.41) is 4.50. The highest BCUT2D eigenvalue weighted by atomic mass is 15.0. The second-order valence-corrected chi connectivity index (χ2v) is 14.0. The van der Waals surface area contributed by atoms with Crippen LogP contribution in [0.25, 0.3) is 99.8 Å². The fourth-order valence-corrected chi connectivity index (χ4v) is 8.36. The number of benzene rings is 5. The second kappa shape index (κ2) is 13.0. The van der Waals surface area contributed by atoms with Crippen molar-refractivity contribution in [3.05, 3.63) is 195 Å². The average Bonchev–Trinajstić information content (AvgIpc) is 3.79. The van der Waals surface area contributed by atoms with Crippen molar-refractivity contribution in [1.29, 1.82) is 0 Å². The topological polar surface area (TPSA) is 61.4 Å². The molecule has 0 amide bonds. The Bertz CT molecular complexity index is 3040. The molecule has 6 aromatic heterocycles. The normalized spacial score (nSPS) is 11.6. The van der Waals surface area contributed by atoms with Gasteiger partial charge in [0, 0.05) is 81.2 Å². The molecule has 6 nitrogen and oxygen atoms in total. The molecule has 0 radical (unpaired) electrons. The molecule has 11 rings (SSSR count). The van der Waals surface area contributed by atoms with E-state index in [1.807, 2.05) is 61.4 Å². The van der Waals surface area contributed by atoms with Gasteiger partial charge in [0.15, 0.2) is 0 Å². The fourth-order valence-electron chi connectivity index (χ4n) is 8.36. The number of rotatable bonds is 6. The van der Waals surface area contributed by atoms with Crippen LogP contribution in [0.1, 0.15) is 0 Å². The molecule has 0 atom stereocenters. The molecule has 0 saturated heterocycles. The highest BCUT2D eigenvalue weighted by Gasteiger charge is 2.18. The molecule has 11 aromatic rings. The average molecular weight is 717 g/mol. The maximum absolute atomic E-state index is 4.67. The Morgan fingerprint density at radius 1 is 0.321 bits per heavy atom. The Morgan fingerprint density at radius 2 is 0.768 bits per heavy atom. The van der Waals surface area contributed by atoms with Gasteiger partial charge in [-0.25, -0.2) is 0 Å². The molecule has 0 aliphatic heterocycles. The first-order valence-corrected chi connectivity index (χ1v) is 18.7. The first-order valence-electron chi connectivity index (χ1n) is 18.7. The highest BCUT2D eigenvalue weighted by molar-refractivity contribution is 6.12. The van der Waals surface area contributed by atoms with E-state index in [4.69, 9.17) is 0 Å². The zero-order valence-corrected chi connectivity index (χ0v) is 30.2. The molecule has 0 saturated carbocycles. The van der Waals surface area contributed by atoms with Crippen molar-refractivity contribution in [2.45, 2.75) is 0 Å². The molecule has 5 aromatic carbocycles. The largest absolute Gasteiger partial charge is 0.309 e. The van der Waals surface area contributed by atoms with Crippen LogP contribution in [0.2, 0.25) is 0 Å². The van der Waals surface area contributed by atoms with Gasteiger partial charge in [-0.05, 0) is 101 Å². The number of pyridine rings is 4. The molecule has 0 aliphatic carbocycles. The van der Waals surface area contributed by atoms with Crippen molar-refractivity contribution in [2.75, 3.05) is 0 Å². The quantitative estimate of drug-likeness (QED) is 0.172. The van der Waals surface area contributed by atoms with Crippen LogP contribution in [0, 0.1) is 0 Å². The zero-order chi connectivity index (χ0) is 37.0. The van der Waals surface area contributed by atoms with E-state index in [-0.39, 0.29) is 0 Å². The predicted octanol–water partition coefficient (Wildman–Crippen LogP) is 12.1. The molecule has 0 spiro atoms. The standard InChI is InChI=1S/C50H32N6/c1-3-14-39(45-16-5-7-24-53-45)37(12-1)33-18-20-47-41(28-33)43-31-51-26-22-49(43)55(47)35-10-9-11-36(30-35)56-48-21-19-34(29-42(48)44-32-52-27-23-50(44)56)38-13-2-4-15-40(38)46-17-6-8-25-54-46/h1-32H. The summed E-state index contributed by atoms with van der Waals surface area (Å²) in [6, 6.07) is 55.6. The summed E-state index contributed by atoms with van der Waals surface area (Å²) in [7, 11) is 0. The Balaban J connectivity index is 1.06. The minimum Gasteiger partial charge on any atom is -0.309 e. The third kappa shape index (κ3) is 5.11. The molecule has 0 N–H and O–H groups in total. The maximum Gasteiger partial charge on any atom is 0.0708 e. The number of aromatic nitrogens is 6. The number of hydrogen-bond donors (Lipinski definition) is 0. The van der Waals surface area contributed by atoms with Gasteiger partial charge >= 0.3 is 0 Å². The summed E-state index contributed by atoms with van der Waals surface area (Å²) in [5.74, 6) is 0. The van der Waals surface area contributed by atoms with Crippen molar-refractivity contribution in [1.82, 2.24) is 29.1 Å². The lowest BCUT2D eigenvalue weighted by atomic mass is 9.96. The lowest BCUT2D eigenvalue weighted by molar-refractivity contribution is 1.13. The zero-order valence-electron chi connectivity index (χ0n) is 30.2. The number of nitrogens with zero attached hydrogens (tertiary/aromatic N) is 6. The van der Waals surface area contributed by atoms with Crippen molar-refractivity contribution < 1.29 is 0 Å². The molecule has 0 unspecified atom stereocenters. The van der Waals surface area contributed by atoms with E-state index in [0.29, 0.717) is 0 Å². The van der Waals surface area contributed by atoms with Gasteiger partial charge in [-0.2, -0.15) is 0 Å². The van der Waals surface area contributed by atoms with Crippen molar-refractivity contribution in [3.8, 4) is 56.1 Å². The van der Waals surface area contributed by atoms with Gasteiger partial charge in [0.05, 0.1) is 33.5 Å². The van der Waals surface area contributed by atoms with E-state index in [9.17, 15) is 0 Å². The molecular formula is C50H32N6. The Hall–Kier alpha value is -7.70. The van der Waals surface area contributed by atoms with E-state index in [1.165, 1.54) is 0 Å². The molecule has 0 bridgehead atoms. The van der Waals surface area contributed by atoms with Gasteiger partial charge in [0.25, 0.3) is 0 Å². The molecule has 6 heterocycles. The van der Waals surface area contributed by atoms with Crippen LogP contribution in [0.3, 0.4) is 0 Å². The predicted molar refractivity (Wildman–Crippen MR) is 228 cm³/mol. The number of fused-ring (bicyclic) bond motifs is 6. The third-order valence-corrected chi connectivity index (χ3v) is 10.8. The van der Waals surface area contributed by atoms with Crippen LogP contribution in [0.15, 0.2) is 195 Å². The minimum absolute atomic E-state index is 0.954. The second-order valence-electron chi connectivity index (χ2n) is 14.0. The monoisotopic (exact) mass is 716 g/mol. The summed E-state index contributed by atoms with van der Waals surface area (Å²) in [5.41, 5.74) is 15.3. The third-order valence-electron chi connectivity index (χ3n) is 10.8. The first-order chi connectivity index (χ1) is 27.8. The summed E-state index contributed by atoms with van der Waals surface area (Å²) < 4.78 is 4.71. The highest BCUT2D eigenvalue weighted by Crippen LogP contribution is 2.40. The van der Waals surface area contributed by atoms with Gasteiger partial charge in [0.1, 0.15) is 0 Å². The van der Waals surface area contributed by atoms with E-state index in [2.05, 4.69) is 163 Å². The molecule has 56 heavy (non-hydrogen) atoms. The minimum atomic E-state index is 0.954. The van der Waals surface area contributed by atoms with E-state index in [1.54, 1.807) is 0 Å². The van der Waals surface area contributed by atoms with Gasteiger partial charge in [0.2, 0.25) is 0 Å². The van der Waals surface area contributed by atoms with E-state index in [0.717, 1.165) is 99.8 Å². The summed E-state index contributed by atoms with van der Waals surface area (Å²) >= 11 is 0. The van der Waals surface area contributed by atoms with Gasteiger partial charge in [-0.15, -0.1) is 0 Å². The molecule has 0 fully saturated rings. The van der Waals surface area contributed by atoms with Crippen LogP contribution in [0.5, 0.6) is 0 Å². The lowest BCUT2D eigenvalue weighted by Crippen LogP contribution is -1.98. The van der Waals surface area contributed by atoms with Crippen LogP contribution in [-0.2, 0) is 0 Å². The number of hydrogen-bond acceptors (Lipinski definition) is 4. The summed E-state index contributed by atoms with van der Waals surface area (Å²) in [4.78, 5) is 18.5. The van der Waals surface area contributed by atoms with Crippen LogP contribution in [0.4, 0.5) is 0 Å². The molecule has 262 valence electrons.